The van der Waals surface area contributed by atoms with Crippen LogP contribution in [-0.4, -0.2) is 30.1 Å². The van der Waals surface area contributed by atoms with Crippen molar-refractivity contribution >= 4 is 58.0 Å². The third-order valence-electron chi connectivity index (χ3n) is 4.76. The van der Waals surface area contributed by atoms with Crippen molar-refractivity contribution in [2.45, 2.75) is 26.0 Å². The van der Waals surface area contributed by atoms with Crippen LogP contribution in [0.15, 0.2) is 51.7 Å². The summed E-state index contributed by atoms with van der Waals surface area (Å²) in [5, 5.41) is 3.14. The number of ether oxygens (including phenoxy) is 2. The lowest BCUT2D eigenvalue weighted by molar-refractivity contribution is -0.136. The number of aryl methyl sites for hydroxylation is 1. The van der Waals surface area contributed by atoms with Gasteiger partial charge in [-0.2, -0.15) is 11.8 Å². The Hall–Kier alpha value is -2.68. The zero-order valence-corrected chi connectivity index (χ0v) is 20.2. The SMILES string of the molecule is CSCCC(NC(=O)OCc1ccccc1)C(=O)Oc1cc2oc(=O)c(Cl)c(C)c2cc1Cl. The second kappa shape index (κ2) is 11.4. The fourth-order valence-electron chi connectivity index (χ4n) is 2.98. The number of hydrogen-bond acceptors (Lipinski definition) is 7. The molecule has 0 radical (unpaired) electrons. The van der Waals surface area contributed by atoms with Crippen LogP contribution in [0.4, 0.5) is 4.79 Å². The molecule has 33 heavy (non-hydrogen) atoms. The second-order valence-corrected chi connectivity index (χ2v) is 8.84. The van der Waals surface area contributed by atoms with Crippen LogP contribution in [0.25, 0.3) is 11.0 Å². The third-order valence-corrected chi connectivity index (χ3v) is 6.14. The number of esters is 1. The van der Waals surface area contributed by atoms with Gasteiger partial charge < -0.3 is 19.2 Å². The van der Waals surface area contributed by atoms with Gasteiger partial charge in [0, 0.05) is 11.5 Å². The molecule has 1 N–H and O–H groups in total. The normalized spacial score (nSPS) is 11.8. The Bertz CT molecular complexity index is 1220. The molecule has 1 amide bonds. The summed E-state index contributed by atoms with van der Waals surface area (Å²) >= 11 is 13.7. The van der Waals surface area contributed by atoms with Gasteiger partial charge >= 0.3 is 17.7 Å². The third kappa shape index (κ3) is 6.43. The maximum absolute atomic E-state index is 12.8. The molecule has 0 bridgehead atoms. The number of carbonyl (C=O) groups is 2. The van der Waals surface area contributed by atoms with Crippen LogP contribution in [0.1, 0.15) is 17.5 Å². The average molecular weight is 510 g/mol. The summed E-state index contributed by atoms with van der Waals surface area (Å²) in [6, 6.07) is 11.1. The minimum Gasteiger partial charge on any atom is -0.445 e. The van der Waals surface area contributed by atoms with E-state index in [0.717, 1.165) is 5.56 Å². The molecule has 7 nitrogen and oxygen atoms in total. The molecule has 3 aromatic rings. The molecule has 2 aromatic carbocycles. The topological polar surface area (TPSA) is 94.8 Å². The van der Waals surface area contributed by atoms with E-state index in [0.29, 0.717) is 23.1 Å². The summed E-state index contributed by atoms with van der Waals surface area (Å²) in [5.74, 6) is -0.140. The van der Waals surface area contributed by atoms with E-state index in [-0.39, 0.29) is 28.0 Å². The van der Waals surface area contributed by atoms with Crippen LogP contribution in [0.3, 0.4) is 0 Å². The highest BCUT2D eigenvalue weighted by Gasteiger charge is 2.25. The van der Waals surface area contributed by atoms with Crippen LogP contribution in [0.5, 0.6) is 5.75 Å². The highest BCUT2D eigenvalue weighted by Crippen LogP contribution is 2.33. The average Bonchev–Trinajstić information content (AvgIpc) is 2.81. The minimum atomic E-state index is -0.966. The molecule has 1 heterocycles. The van der Waals surface area contributed by atoms with Crippen molar-refractivity contribution in [1.82, 2.24) is 5.32 Å². The van der Waals surface area contributed by atoms with Gasteiger partial charge in [-0.25, -0.2) is 14.4 Å². The lowest BCUT2D eigenvalue weighted by Crippen LogP contribution is -2.43. The van der Waals surface area contributed by atoms with E-state index < -0.39 is 23.7 Å². The Morgan fingerprint density at radius 3 is 2.61 bits per heavy atom. The minimum absolute atomic E-state index is 0.00681. The van der Waals surface area contributed by atoms with Gasteiger partial charge in [0.2, 0.25) is 0 Å². The number of thioether (sulfide) groups is 1. The van der Waals surface area contributed by atoms with Gasteiger partial charge in [0.15, 0.2) is 5.75 Å². The van der Waals surface area contributed by atoms with E-state index in [1.807, 2.05) is 36.6 Å². The maximum Gasteiger partial charge on any atom is 0.408 e. The lowest BCUT2D eigenvalue weighted by atomic mass is 10.1. The number of fused-ring (bicyclic) bond motifs is 1. The van der Waals surface area contributed by atoms with Crippen LogP contribution >= 0.6 is 35.0 Å². The first-order valence-electron chi connectivity index (χ1n) is 9.90. The Morgan fingerprint density at radius 2 is 1.91 bits per heavy atom. The monoisotopic (exact) mass is 509 g/mol. The van der Waals surface area contributed by atoms with E-state index in [1.165, 1.54) is 23.9 Å². The smallest absolute Gasteiger partial charge is 0.408 e. The van der Waals surface area contributed by atoms with Gasteiger partial charge in [0.25, 0.3) is 0 Å². The quantitative estimate of drug-likeness (QED) is 0.248. The molecule has 0 spiro atoms. The van der Waals surface area contributed by atoms with Crippen molar-refractivity contribution in [1.29, 1.82) is 0 Å². The molecule has 0 aliphatic carbocycles. The summed E-state index contributed by atoms with van der Waals surface area (Å²) in [7, 11) is 0. The zero-order valence-electron chi connectivity index (χ0n) is 17.9. The fourth-order valence-corrected chi connectivity index (χ4v) is 3.79. The highest BCUT2D eigenvalue weighted by atomic mass is 35.5. The van der Waals surface area contributed by atoms with Crippen molar-refractivity contribution in [2.75, 3.05) is 12.0 Å². The summed E-state index contributed by atoms with van der Waals surface area (Å²) < 4.78 is 15.8. The zero-order chi connectivity index (χ0) is 24.0. The number of hydrogen-bond donors (Lipinski definition) is 1. The predicted octanol–water partition coefficient (Wildman–Crippen LogP) is 5.36. The molecule has 0 aliphatic rings. The number of amides is 1. The Morgan fingerprint density at radius 1 is 1.18 bits per heavy atom. The van der Waals surface area contributed by atoms with Gasteiger partial charge in [0.1, 0.15) is 23.3 Å². The second-order valence-electron chi connectivity index (χ2n) is 7.07. The largest absolute Gasteiger partial charge is 0.445 e. The van der Waals surface area contributed by atoms with Gasteiger partial charge in [-0.15, -0.1) is 0 Å². The molecule has 1 unspecified atom stereocenters. The summed E-state index contributed by atoms with van der Waals surface area (Å²) in [6.07, 6.45) is 1.45. The standard InChI is InChI=1S/C23H21Cl2NO6S/c1-13-15-10-16(24)19(11-18(15)31-22(28)20(13)25)32-21(27)17(8-9-33-2)26-23(29)30-12-14-6-4-3-5-7-14/h3-7,10-11,17H,8-9,12H2,1-2H3,(H,26,29). The van der Waals surface area contributed by atoms with Gasteiger partial charge in [-0.05, 0) is 42.5 Å². The van der Waals surface area contributed by atoms with Crippen molar-refractivity contribution in [3.05, 3.63) is 74.1 Å². The van der Waals surface area contributed by atoms with Gasteiger partial charge in [-0.3, -0.25) is 0 Å². The maximum atomic E-state index is 12.8. The Labute approximate surface area is 204 Å². The van der Waals surface area contributed by atoms with E-state index in [4.69, 9.17) is 37.1 Å². The van der Waals surface area contributed by atoms with Crippen molar-refractivity contribution in [3.63, 3.8) is 0 Å². The first-order chi connectivity index (χ1) is 15.8. The van der Waals surface area contributed by atoms with E-state index in [1.54, 1.807) is 6.92 Å². The highest BCUT2D eigenvalue weighted by molar-refractivity contribution is 7.98. The fraction of sp³-hybridized carbons (Fsp3) is 0.261. The van der Waals surface area contributed by atoms with Crippen LogP contribution in [-0.2, 0) is 16.1 Å². The van der Waals surface area contributed by atoms with Crippen LogP contribution < -0.4 is 15.7 Å². The number of alkyl carbamates (subject to hydrolysis) is 1. The molecular weight excluding hydrogens is 489 g/mol. The van der Waals surface area contributed by atoms with E-state index in [2.05, 4.69) is 5.32 Å². The van der Waals surface area contributed by atoms with Gasteiger partial charge in [0.05, 0.1) is 5.02 Å². The van der Waals surface area contributed by atoms with Crippen molar-refractivity contribution < 1.29 is 23.5 Å². The van der Waals surface area contributed by atoms with Crippen molar-refractivity contribution in [2.24, 2.45) is 0 Å². The molecule has 174 valence electrons. The molecule has 1 atom stereocenters. The molecule has 0 saturated heterocycles. The number of nitrogens with one attached hydrogen (secondary N) is 1. The van der Waals surface area contributed by atoms with Crippen LogP contribution in [0.2, 0.25) is 10.0 Å². The summed E-state index contributed by atoms with van der Waals surface area (Å²) in [5.41, 5.74) is 0.783. The lowest BCUT2D eigenvalue weighted by Gasteiger charge is -2.18. The number of rotatable bonds is 8. The Kier molecular flexibility index (Phi) is 8.66. The number of benzene rings is 2. The first kappa shape index (κ1) is 25.0. The first-order valence-corrected chi connectivity index (χ1v) is 12.1. The molecule has 10 heteroatoms. The Balaban J connectivity index is 1.74. The number of carbonyl (C=O) groups excluding carboxylic acids is 2. The summed E-state index contributed by atoms with van der Waals surface area (Å²) in [6.45, 7) is 1.72. The molecule has 0 aliphatic heterocycles. The van der Waals surface area contributed by atoms with Crippen molar-refractivity contribution in [3.8, 4) is 5.75 Å². The molecule has 0 saturated carbocycles. The van der Waals surface area contributed by atoms with Crippen LogP contribution in [0, 0.1) is 6.92 Å². The van der Waals surface area contributed by atoms with E-state index >= 15 is 0 Å². The molecule has 1 aromatic heterocycles. The predicted molar refractivity (Wildman–Crippen MR) is 129 cm³/mol. The molecule has 3 rings (SSSR count). The van der Waals surface area contributed by atoms with Gasteiger partial charge in [-0.1, -0.05) is 53.5 Å². The van der Waals surface area contributed by atoms with E-state index in [9.17, 15) is 14.4 Å². The molecule has 0 fully saturated rings. The summed E-state index contributed by atoms with van der Waals surface area (Å²) in [4.78, 5) is 37.0. The molecular formula is C23H21Cl2NO6S. The number of halogens is 2.